The summed E-state index contributed by atoms with van der Waals surface area (Å²) in [6.07, 6.45) is 3.16. The number of rotatable bonds is 7. The normalized spacial score (nSPS) is 16.8. The highest BCUT2D eigenvalue weighted by Crippen LogP contribution is 2.18. The predicted molar refractivity (Wildman–Crippen MR) is 81.9 cm³/mol. The minimum Gasteiger partial charge on any atom is -0.389 e. The van der Waals surface area contributed by atoms with Crippen LogP contribution in [-0.2, 0) is 9.84 Å². The number of hydrogen-bond acceptors (Lipinski definition) is 3. The molecule has 0 unspecified atom stereocenters. The third-order valence-corrected chi connectivity index (χ3v) is 4.70. The standard InChI is InChI=1S/C16H22O3S/c1-4-13(2)12-14(3)16(17)10-11-20(18,19)15-8-6-5-7-9-15/h4-11,13-14,16-17H,1,12H2,2-3H3/b11-10+/t13-,14-,16-/m0/s1. The molecule has 1 aromatic carbocycles. The van der Waals surface area contributed by atoms with Crippen LogP contribution in [0.25, 0.3) is 0 Å². The van der Waals surface area contributed by atoms with Gasteiger partial charge < -0.3 is 5.11 Å². The van der Waals surface area contributed by atoms with E-state index in [1.165, 1.54) is 18.2 Å². The van der Waals surface area contributed by atoms with Crippen molar-refractivity contribution in [1.29, 1.82) is 0 Å². The molecule has 3 atom stereocenters. The summed E-state index contributed by atoms with van der Waals surface area (Å²) in [5, 5.41) is 11.1. The number of aliphatic hydroxyl groups is 1. The molecule has 0 bridgehead atoms. The summed E-state index contributed by atoms with van der Waals surface area (Å²) in [5.74, 6) is 0.268. The fraction of sp³-hybridized carbons (Fsp3) is 0.375. The summed E-state index contributed by atoms with van der Waals surface area (Å²) in [6.45, 7) is 7.61. The molecule has 20 heavy (non-hydrogen) atoms. The van der Waals surface area contributed by atoms with Crippen LogP contribution in [0.4, 0.5) is 0 Å². The molecule has 0 heterocycles. The fourth-order valence-electron chi connectivity index (χ4n) is 1.88. The Kier molecular flexibility index (Phi) is 6.17. The number of allylic oxidation sites excluding steroid dienone is 1. The van der Waals surface area contributed by atoms with E-state index in [2.05, 4.69) is 6.58 Å². The van der Waals surface area contributed by atoms with E-state index in [0.717, 1.165) is 11.8 Å². The van der Waals surface area contributed by atoms with Gasteiger partial charge in [0, 0.05) is 5.41 Å². The maximum atomic E-state index is 12.0. The van der Waals surface area contributed by atoms with Crippen molar-refractivity contribution >= 4 is 9.84 Å². The predicted octanol–water partition coefficient (Wildman–Crippen LogP) is 3.18. The van der Waals surface area contributed by atoms with E-state index in [-0.39, 0.29) is 10.8 Å². The molecule has 0 aromatic heterocycles. The van der Waals surface area contributed by atoms with Crippen LogP contribution in [0.15, 0.2) is 59.4 Å². The first-order chi connectivity index (χ1) is 9.36. The zero-order chi connectivity index (χ0) is 15.2. The molecule has 110 valence electrons. The number of aliphatic hydroxyl groups excluding tert-OH is 1. The highest BCUT2D eigenvalue weighted by molar-refractivity contribution is 7.94. The van der Waals surface area contributed by atoms with E-state index in [4.69, 9.17) is 0 Å². The molecule has 0 saturated heterocycles. The third-order valence-electron chi connectivity index (χ3n) is 3.26. The average Bonchev–Trinajstić information content (AvgIpc) is 2.45. The lowest BCUT2D eigenvalue weighted by molar-refractivity contribution is 0.150. The number of sulfone groups is 1. The molecule has 4 heteroatoms. The van der Waals surface area contributed by atoms with E-state index in [0.29, 0.717) is 5.92 Å². The van der Waals surface area contributed by atoms with Crippen molar-refractivity contribution < 1.29 is 13.5 Å². The monoisotopic (exact) mass is 294 g/mol. The lowest BCUT2D eigenvalue weighted by Crippen LogP contribution is -2.17. The van der Waals surface area contributed by atoms with Gasteiger partial charge in [-0.15, -0.1) is 6.58 Å². The van der Waals surface area contributed by atoms with Crippen molar-refractivity contribution in [2.24, 2.45) is 11.8 Å². The molecule has 1 aromatic rings. The van der Waals surface area contributed by atoms with Gasteiger partial charge in [-0.1, -0.05) is 38.1 Å². The second-order valence-electron chi connectivity index (χ2n) is 5.10. The molecule has 0 aliphatic rings. The molecular weight excluding hydrogens is 272 g/mol. The second-order valence-corrected chi connectivity index (χ2v) is 6.94. The van der Waals surface area contributed by atoms with E-state index >= 15 is 0 Å². The maximum absolute atomic E-state index is 12.0. The summed E-state index contributed by atoms with van der Waals surface area (Å²) in [5.41, 5.74) is 0. The number of hydrogen-bond donors (Lipinski definition) is 1. The lowest BCUT2D eigenvalue weighted by Gasteiger charge is -2.17. The molecule has 1 N–H and O–H groups in total. The Hall–Kier alpha value is -1.39. The molecule has 0 amide bonds. The van der Waals surface area contributed by atoms with Gasteiger partial charge in [-0.05, 0) is 36.5 Å². The first-order valence-corrected chi connectivity index (χ1v) is 8.20. The van der Waals surface area contributed by atoms with Crippen LogP contribution in [0.1, 0.15) is 20.3 Å². The highest BCUT2D eigenvalue weighted by atomic mass is 32.2. The SMILES string of the molecule is C=C[C@H](C)C[C@H](C)[C@@H](O)/C=C/S(=O)(=O)c1ccccc1. The molecule has 0 spiro atoms. The Bertz CT molecular complexity index is 546. The topological polar surface area (TPSA) is 54.4 Å². The van der Waals surface area contributed by atoms with Gasteiger partial charge in [0.1, 0.15) is 0 Å². The summed E-state index contributed by atoms with van der Waals surface area (Å²) < 4.78 is 24.0. The van der Waals surface area contributed by atoms with Crippen LogP contribution in [-0.4, -0.2) is 19.6 Å². The Morgan fingerprint density at radius 3 is 2.40 bits per heavy atom. The first-order valence-electron chi connectivity index (χ1n) is 6.65. The van der Waals surface area contributed by atoms with Crippen LogP contribution >= 0.6 is 0 Å². The molecule has 0 fully saturated rings. The van der Waals surface area contributed by atoms with Gasteiger partial charge in [-0.3, -0.25) is 0 Å². The average molecular weight is 294 g/mol. The van der Waals surface area contributed by atoms with E-state index in [1.54, 1.807) is 18.2 Å². The summed E-state index contributed by atoms with van der Waals surface area (Å²) >= 11 is 0. The van der Waals surface area contributed by atoms with Gasteiger partial charge in [-0.2, -0.15) is 0 Å². The molecule has 0 aliphatic carbocycles. The zero-order valence-corrected chi connectivity index (χ0v) is 12.8. The summed E-state index contributed by atoms with van der Waals surface area (Å²) in [7, 11) is -3.48. The second kappa shape index (κ2) is 7.41. The van der Waals surface area contributed by atoms with Crippen molar-refractivity contribution in [2.75, 3.05) is 0 Å². The Morgan fingerprint density at radius 2 is 1.85 bits per heavy atom. The van der Waals surface area contributed by atoms with Crippen LogP contribution in [0, 0.1) is 11.8 Å². The third kappa shape index (κ3) is 4.94. The van der Waals surface area contributed by atoms with Crippen molar-refractivity contribution in [3.8, 4) is 0 Å². The van der Waals surface area contributed by atoms with Crippen molar-refractivity contribution in [2.45, 2.75) is 31.3 Å². The zero-order valence-electron chi connectivity index (χ0n) is 11.9. The molecule has 0 radical (unpaired) electrons. The quantitative estimate of drug-likeness (QED) is 0.786. The molecular formula is C16H22O3S. The van der Waals surface area contributed by atoms with Crippen molar-refractivity contribution in [3.63, 3.8) is 0 Å². The maximum Gasteiger partial charge on any atom is 0.199 e. The number of benzene rings is 1. The lowest BCUT2D eigenvalue weighted by atomic mass is 9.93. The van der Waals surface area contributed by atoms with Crippen LogP contribution in [0.2, 0.25) is 0 Å². The Morgan fingerprint density at radius 1 is 1.25 bits per heavy atom. The van der Waals surface area contributed by atoms with Crippen LogP contribution < -0.4 is 0 Å². The highest BCUT2D eigenvalue weighted by Gasteiger charge is 2.15. The van der Waals surface area contributed by atoms with Gasteiger partial charge in [0.25, 0.3) is 0 Å². The minimum atomic E-state index is -3.48. The van der Waals surface area contributed by atoms with E-state index in [9.17, 15) is 13.5 Å². The first kappa shape index (κ1) is 16.7. The smallest absolute Gasteiger partial charge is 0.199 e. The van der Waals surface area contributed by atoms with Gasteiger partial charge in [0.05, 0.1) is 11.0 Å². The van der Waals surface area contributed by atoms with Crippen LogP contribution in [0.5, 0.6) is 0 Å². The summed E-state index contributed by atoms with van der Waals surface area (Å²) in [4.78, 5) is 0.232. The fourth-order valence-corrected chi connectivity index (χ4v) is 2.95. The summed E-state index contributed by atoms with van der Waals surface area (Å²) in [6, 6.07) is 8.18. The van der Waals surface area contributed by atoms with Crippen LogP contribution in [0.3, 0.4) is 0 Å². The van der Waals surface area contributed by atoms with E-state index in [1.807, 2.05) is 19.9 Å². The molecule has 0 aliphatic heterocycles. The van der Waals surface area contributed by atoms with Crippen molar-refractivity contribution in [3.05, 3.63) is 54.5 Å². The minimum absolute atomic E-state index is 0.0229. The van der Waals surface area contributed by atoms with E-state index < -0.39 is 15.9 Å². The Balaban J connectivity index is 2.74. The van der Waals surface area contributed by atoms with Gasteiger partial charge in [0.2, 0.25) is 0 Å². The Labute approximate surface area is 121 Å². The van der Waals surface area contributed by atoms with Crippen molar-refractivity contribution in [1.82, 2.24) is 0 Å². The largest absolute Gasteiger partial charge is 0.389 e. The van der Waals surface area contributed by atoms with Gasteiger partial charge in [-0.25, -0.2) is 8.42 Å². The molecule has 1 rings (SSSR count). The van der Waals surface area contributed by atoms with Gasteiger partial charge in [0.15, 0.2) is 9.84 Å². The van der Waals surface area contributed by atoms with Gasteiger partial charge >= 0.3 is 0 Å². The molecule has 3 nitrogen and oxygen atoms in total. The molecule has 0 saturated carbocycles.